The van der Waals surface area contributed by atoms with Gasteiger partial charge in [-0.15, -0.1) is 0 Å². The molecular weight excluding hydrogens is 432 g/mol. The molecule has 0 fully saturated rings. The minimum absolute atomic E-state index is 0.00660. The van der Waals surface area contributed by atoms with Gasteiger partial charge < -0.3 is 14.3 Å². The van der Waals surface area contributed by atoms with Crippen molar-refractivity contribution in [3.8, 4) is 28.3 Å². The highest BCUT2D eigenvalue weighted by molar-refractivity contribution is 7.89. The molecule has 0 radical (unpaired) electrons. The Labute approximate surface area is 184 Å². The van der Waals surface area contributed by atoms with E-state index in [1.807, 2.05) is 30.3 Å². The van der Waals surface area contributed by atoms with Crippen LogP contribution in [0.5, 0.6) is 5.75 Å². The summed E-state index contributed by atoms with van der Waals surface area (Å²) in [5.74, 6) is 0.0773. The van der Waals surface area contributed by atoms with Crippen molar-refractivity contribution in [2.24, 2.45) is 5.14 Å². The predicted octanol–water partition coefficient (Wildman–Crippen LogP) is 3.93. The highest BCUT2D eigenvalue weighted by Crippen LogP contribution is 2.33. The molecule has 0 amide bonds. The molecule has 4 rings (SSSR count). The number of nitrogens with zero attached hydrogens (tertiary/aromatic N) is 1. The maximum Gasteiger partial charge on any atom is 0.335 e. The number of benzene rings is 3. The van der Waals surface area contributed by atoms with Crippen LogP contribution in [0.1, 0.15) is 16.2 Å². The molecular formula is C23H18N2O6S. The summed E-state index contributed by atoms with van der Waals surface area (Å²) in [5, 5.41) is 14.3. The molecule has 0 saturated carbocycles. The number of aromatic carboxylic acids is 1. The summed E-state index contributed by atoms with van der Waals surface area (Å²) in [6, 6.07) is 21.4. The SMILES string of the molecule is NS(=O)(=O)c1ccc(-c2nc(COc3cccc(C(=O)O)c3)oc2-c2ccccc2)cc1. The Balaban J connectivity index is 1.67. The summed E-state index contributed by atoms with van der Waals surface area (Å²) in [4.78, 5) is 15.7. The molecule has 32 heavy (non-hydrogen) atoms. The largest absolute Gasteiger partial charge is 0.484 e. The molecule has 1 heterocycles. The number of rotatable bonds is 7. The molecule has 0 atom stereocenters. The lowest BCUT2D eigenvalue weighted by molar-refractivity contribution is 0.0696. The summed E-state index contributed by atoms with van der Waals surface area (Å²) in [6.45, 7) is -0.0296. The van der Waals surface area contributed by atoms with E-state index < -0.39 is 16.0 Å². The van der Waals surface area contributed by atoms with Crippen LogP contribution in [0.15, 0.2) is 88.2 Å². The molecule has 0 aliphatic heterocycles. The molecule has 8 nitrogen and oxygen atoms in total. The van der Waals surface area contributed by atoms with E-state index in [9.17, 15) is 13.2 Å². The van der Waals surface area contributed by atoms with Crippen LogP contribution < -0.4 is 9.88 Å². The van der Waals surface area contributed by atoms with Crippen molar-refractivity contribution >= 4 is 16.0 Å². The van der Waals surface area contributed by atoms with E-state index in [-0.39, 0.29) is 23.0 Å². The fourth-order valence-electron chi connectivity index (χ4n) is 3.07. The van der Waals surface area contributed by atoms with Gasteiger partial charge in [-0.3, -0.25) is 0 Å². The summed E-state index contributed by atoms with van der Waals surface area (Å²) < 4.78 is 34.7. The van der Waals surface area contributed by atoms with Crippen LogP contribution in [0, 0.1) is 0 Å². The van der Waals surface area contributed by atoms with Crippen molar-refractivity contribution in [3.63, 3.8) is 0 Å². The van der Waals surface area contributed by atoms with Crippen LogP contribution in [0.2, 0.25) is 0 Å². The van der Waals surface area contributed by atoms with E-state index >= 15 is 0 Å². The quantitative estimate of drug-likeness (QED) is 0.436. The highest BCUT2D eigenvalue weighted by atomic mass is 32.2. The molecule has 3 aromatic carbocycles. The van der Waals surface area contributed by atoms with Gasteiger partial charge in [-0.05, 0) is 30.3 Å². The van der Waals surface area contributed by atoms with E-state index in [2.05, 4.69) is 4.98 Å². The third-order valence-corrected chi connectivity index (χ3v) is 5.54. The van der Waals surface area contributed by atoms with Crippen molar-refractivity contribution in [1.29, 1.82) is 0 Å². The molecule has 0 bridgehead atoms. The number of hydrogen-bond acceptors (Lipinski definition) is 6. The normalized spacial score (nSPS) is 11.3. The van der Waals surface area contributed by atoms with Gasteiger partial charge in [0.15, 0.2) is 12.4 Å². The van der Waals surface area contributed by atoms with Crippen LogP contribution in [0.4, 0.5) is 0 Å². The summed E-state index contributed by atoms with van der Waals surface area (Å²) >= 11 is 0. The maximum absolute atomic E-state index is 11.5. The fraction of sp³-hybridized carbons (Fsp3) is 0.0435. The van der Waals surface area contributed by atoms with Crippen LogP contribution in [0.3, 0.4) is 0 Å². The molecule has 9 heteroatoms. The van der Waals surface area contributed by atoms with E-state index in [1.54, 1.807) is 24.3 Å². The van der Waals surface area contributed by atoms with Gasteiger partial charge in [0.2, 0.25) is 15.9 Å². The Morgan fingerprint density at radius 1 is 0.969 bits per heavy atom. The highest BCUT2D eigenvalue weighted by Gasteiger charge is 2.18. The van der Waals surface area contributed by atoms with Crippen molar-refractivity contribution < 1.29 is 27.5 Å². The molecule has 0 spiro atoms. The number of carboxylic acids is 1. The molecule has 4 aromatic rings. The Kier molecular flexibility index (Phi) is 5.76. The number of carbonyl (C=O) groups is 1. The Hall–Kier alpha value is -3.95. The first-order valence-corrected chi connectivity index (χ1v) is 11.0. The standard InChI is InChI=1S/C23H18N2O6S/c24-32(28,29)19-11-9-15(10-12-19)21-22(16-5-2-1-3-6-16)31-20(25-21)14-30-18-8-4-7-17(13-18)23(26)27/h1-13H,14H2,(H,26,27)(H2,24,28,29). The average Bonchev–Trinajstić information content (AvgIpc) is 3.22. The number of hydrogen-bond donors (Lipinski definition) is 2. The smallest absolute Gasteiger partial charge is 0.335 e. The van der Waals surface area contributed by atoms with Gasteiger partial charge in [0, 0.05) is 11.1 Å². The monoisotopic (exact) mass is 450 g/mol. The number of nitrogens with two attached hydrogens (primary N) is 1. The zero-order valence-electron chi connectivity index (χ0n) is 16.6. The fourth-order valence-corrected chi connectivity index (χ4v) is 3.59. The van der Waals surface area contributed by atoms with Gasteiger partial charge in [-0.25, -0.2) is 23.3 Å². The minimum atomic E-state index is -3.81. The number of oxazole rings is 1. The Bertz CT molecular complexity index is 1360. The van der Waals surface area contributed by atoms with Crippen molar-refractivity contribution in [2.45, 2.75) is 11.5 Å². The lowest BCUT2D eigenvalue weighted by atomic mass is 10.1. The first-order chi connectivity index (χ1) is 15.3. The van der Waals surface area contributed by atoms with Crippen molar-refractivity contribution in [3.05, 3.63) is 90.3 Å². The Morgan fingerprint density at radius 2 is 1.69 bits per heavy atom. The van der Waals surface area contributed by atoms with Crippen LogP contribution in [0.25, 0.3) is 22.6 Å². The van der Waals surface area contributed by atoms with E-state index in [0.29, 0.717) is 22.8 Å². The van der Waals surface area contributed by atoms with E-state index in [0.717, 1.165) is 5.56 Å². The Morgan fingerprint density at radius 3 is 2.34 bits per heavy atom. The molecule has 0 aliphatic carbocycles. The van der Waals surface area contributed by atoms with E-state index in [4.69, 9.17) is 19.4 Å². The van der Waals surface area contributed by atoms with Gasteiger partial charge in [0.05, 0.1) is 10.5 Å². The van der Waals surface area contributed by atoms with Gasteiger partial charge in [0.25, 0.3) is 0 Å². The second-order valence-corrected chi connectivity index (χ2v) is 8.40. The third kappa shape index (κ3) is 4.69. The van der Waals surface area contributed by atoms with Gasteiger partial charge in [-0.2, -0.15) is 0 Å². The first kappa shape index (κ1) is 21.3. The number of carboxylic acid groups (broad SMARTS) is 1. The molecule has 3 N–H and O–H groups in total. The minimum Gasteiger partial charge on any atom is -0.484 e. The van der Waals surface area contributed by atoms with Crippen molar-refractivity contribution in [2.75, 3.05) is 0 Å². The molecule has 1 aromatic heterocycles. The number of primary sulfonamides is 1. The van der Waals surface area contributed by atoms with Crippen LogP contribution in [-0.4, -0.2) is 24.5 Å². The second kappa shape index (κ2) is 8.66. The van der Waals surface area contributed by atoms with Crippen LogP contribution in [-0.2, 0) is 16.6 Å². The topological polar surface area (TPSA) is 133 Å². The molecule has 0 unspecified atom stereocenters. The van der Waals surface area contributed by atoms with Gasteiger partial charge >= 0.3 is 5.97 Å². The number of sulfonamides is 1. The second-order valence-electron chi connectivity index (χ2n) is 6.84. The number of aromatic nitrogens is 1. The summed E-state index contributed by atoms with van der Waals surface area (Å²) in [5.41, 5.74) is 2.04. The third-order valence-electron chi connectivity index (χ3n) is 4.61. The summed E-state index contributed by atoms with van der Waals surface area (Å²) in [7, 11) is -3.81. The summed E-state index contributed by atoms with van der Waals surface area (Å²) in [6.07, 6.45) is 0. The molecule has 162 valence electrons. The number of ether oxygens (including phenoxy) is 1. The first-order valence-electron chi connectivity index (χ1n) is 9.46. The maximum atomic E-state index is 11.5. The van der Waals surface area contributed by atoms with Gasteiger partial charge in [-0.1, -0.05) is 48.5 Å². The van der Waals surface area contributed by atoms with Crippen molar-refractivity contribution in [1.82, 2.24) is 4.98 Å². The molecule has 0 saturated heterocycles. The van der Waals surface area contributed by atoms with Gasteiger partial charge in [0.1, 0.15) is 11.4 Å². The zero-order chi connectivity index (χ0) is 22.7. The predicted molar refractivity (Wildman–Crippen MR) is 116 cm³/mol. The average molecular weight is 450 g/mol. The zero-order valence-corrected chi connectivity index (χ0v) is 17.5. The lowest BCUT2D eigenvalue weighted by Gasteiger charge is -2.04. The lowest BCUT2D eigenvalue weighted by Crippen LogP contribution is -2.11. The molecule has 0 aliphatic rings. The van der Waals surface area contributed by atoms with E-state index in [1.165, 1.54) is 24.3 Å². The van der Waals surface area contributed by atoms with Crippen LogP contribution >= 0.6 is 0 Å².